The largest absolute Gasteiger partial charge is 0.322 e. The van der Waals surface area contributed by atoms with E-state index in [1.807, 2.05) is 65.3 Å². The summed E-state index contributed by atoms with van der Waals surface area (Å²) in [6.07, 6.45) is 4.38. The summed E-state index contributed by atoms with van der Waals surface area (Å²) in [7, 11) is 0. The molecule has 0 bridgehead atoms. The summed E-state index contributed by atoms with van der Waals surface area (Å²) in [5, 5.41) is 14.9. The lowest BCUT2D eigenvalue weighted by Crippen LogP contribution is -2.35. The van der Waals surface area contributed by atoms with Crippen LogP contribution in [-0.4, -0.2) is 30.1 Å². The molecule has 0 unspecified atom stereocenters. The molecule has 1 N–H and O–H groups in total. The fourth-order valence-corrected chi connectivity index (χ4v) is 5.84. The molecule has 1 aliphatic rings. The summed E-state index contributed by atoms with van der Waals surface area (Å²) >= 11 is 6.21. The Labute approximate surface area is 232 Å². The minimum Gasteiger partial charge on any atom is -0.322 e. The van der Waals surface area contributed by atoms with Gasteiger partial charge in [-0.2, -0.15) is 0 Å². The van der Waals surface area contributed by atoms with Crippen molar-refractivity contribution in [1.82, 2.24) is 30.1 Å². The van der Waals surface area contributed by atoms with Gasteiger partial charge in [0.15, 0.2) is 5.82 Å². The number of hydrogen-bond donors (Lipinski definition) is 1. The van der Waals surface area contributed by atoms with Crippen LogP contribution in [0.15, 0.2) is 83.7 Å². The quantitative estimate of drug-likeness (QED) is 0.248. The second-order valence-corrected chi connectivity index (χ2v) is 10.9. The minimum atomic E-state index is -0.467. The lowest BCUT2D eigenvalue weighted by molar-refractivity contribution is 0.190. The van der Waals surface area contributed by atoms with Gasteiger partial charge in [-0.25, -0.2) is 4.68 Å². The molecule has 1 saturated carbocycles. The third kappa shape index (κ3) is 5.51. The number of aromatic nitrogens is 5. The van der Waals surface area contributed by atoms with E-state index in [-0.39, 0.29) is 11.6 Å². The van der Waals surface area contributed by atoms with Gasteiger partial charge in [-0.15, -0.1) is 5.10 Å². The maximum Gasteiger partial charge on any atom is 0.253 e. The minimum absolute atomic E-state index is 0.133. The average Bonchev–Trinajstić information content (AvgIpc) is 3.64. The first-order valence-corrected chi connectivity index (χ1v) is 13.9. The van der Waals surface area contributed by atoms with Crippen molar-refractivity contribution < 1.29 is 0 Å². The zero-order chi connectivity index (χ0) is 26.8. The summed E-state index contributed by atoms with van der Waals surface area (Å²) < 4.78 is 1.97. The van der Waals surface area contributed by atoms with Crippen LogP contribution in [0.2, 0.25) is 5.02 Å². The van der Waals surface area contributed by atoms with Gasteiger partial charge < -0.3 is 4.98 Å². The van der Waals surface area contributed by atoms with Crippen LogP contribution < -0.4 is 5.56 Å². The Morgan fingerprint density at radius 1 is 0.974 bits per heavy atom. The predicted octanol–water partition coefficient (Wildman–Crippen LogP) is 6.38. The number of H-pyrrole nitrogens is 1. The SMILES string of the molecule is Cc1ccc2[nH]c(=O)c([C@H](c3nnnn3C3CCCC3)N(Cc3ccccc3)Cc3ccc(Cl)cc3)cc2c1. The van der Waals surface area contributed by atoms with Gasteiger partial charge in [0.2, 0.25) is 0 Å². The molecule has 1 aliphatic carbocycles. The van der Waals surface area contributed by atoms with Crippen LogP contribution in [0.25, 0.3) is 10.9 Å². The first-order chi connectivity index (χ1) is 19.0. The normalized spacial score (nSPS) is 14.8. The van der Waals surface area contributed by atoms with Crippen molar-refractivity contribution in [3.8, 4) is 0 Å². The molecule has 3 aromatic carbocycles. The molecule has 8 heteroatoms. The topological polar surface area (TPSA) is 79.7 Å². The maximum absolute atomic E-state index is 13.8. The van der Waals surface area contributed by atoms with Crippen molar-refractivity contribution in [2.75, 3.05) is 0 Å². The molecule has 5 aromatic rings. The lowest BCUT2D eigenvalue weighted by Gasteiger charge is -2.32. The molecule has 6 rings (SSSR count). The summed E-state index contributed by atoms with van der Waals surface area (Å²) in [6, 6.07) is 26.0. The van der Waals surface area contributed by atoms with Crippen LogP contribution in [0.3, 0.4) is 0 Å². The summed E-state index contributed by atoms with van der Waals surface area (Å²) in [4.78, 5) is 19.2. The molecule has 39 heavy (non-hydrogen) atoms. The van der Waals surface area contributed by atoms with Crippen molar-refractivity contribution >= 4 is 22.5 Å². The monoisotopic (exact) mass is 538 g/mol. The number of fused-ring (bicyclic) bond motifs is 1. The van der Waals surface area contributed by atoms with E-state index in [0.717, 1.165) is 53.3 Å². The van der Waals surface area contributed by atoms with Gasteiger partial charge in [0.25, 0.3) is 5.56 Å². The maximum atomic E-state index is 13.8. The molecule has 0 radical (unpaired) electrons. The van der Waals surface area contributed by atoms with Crippen LogP contribution in [0, 0.1) is 6.92 Å². The van der Waals surface area contributed by atoms with E-state index in [0.29, 0.717) is 29.5 Å². The molecular weight excluding hydrogens is 508 g/mol. The number of tetrazole rings is 1. The zero-order valence-corrected chi connectivity index (χ0v) is 22.7. The first kappa shape index (κ1) is 25.5. The Balaban J connectivity index is 1.53. The molecule has 2 heterocycles. The van der Waals surface area contributed by atoms with E-state index >= 15 is 0 Å². The van der Waals surface area contributed by atoms with Gasteiger partial charge in [0.05, 0.1) is 6.04 Å². The summed E-state index contributed by atoms with van der Waals surface area (Å²) in [5.74, 6) is 0.698. The van der Waals surface area contributed by atoms with Crippen LogP contribution in [0.4, 0.5) is 0 Å². The molecule has 1 fully saturated rings. The lowest BCUT2D eigenvalue weighted by atomic mass is 10.0. The average molecular weight is 539 g/mol. The van der Waals surface area contributed by atoms with E-state index in [1.54, 1.807) is 0 Å². The van der Waals surface area contributed by atoms with Gasteiger partial charge in [-0.3, -0.25) is 9.69 Å². The number of rotatable bonds is 8. The van der Waals surface area contributed by atoms with Crippen molar-refractivity contribution in [3.05, 3.63) is 122 Å². The fourth-order valence-electron chi connectivity index (χ4n) is 5.72. The van der Waals surface area contributed by atoms with Gasteiger partial charge >= 0.3 is 0 Å². The Morgan fingerprint density at radius 2 is 1.69 bits per heavy atom. The summed E-state index contributed by atoms with van der Waals surface area (Å²) in [6.45, 7) is 3.25. The predicted molar refractivity (Wildman–Crippen MR) is 154 cm³/mol. The third-order valence-corrected chi connectivity index (χ3v) is 7.90. The second-order valence-electron chi connectivity index (χ2n) is 10.5. The van der Waals surface area contributed by atoms with Gasteiger partial charge in [0.1, 0.15) is 6.04 Å². The van der Waals surface area contributed by atoms with E-state index in [2.05, 4.69) is 50.5 Å². The highest BCUT2D eigenvalue weighted by atomic mass is 35.5. The van der Waals surface area contributed by atoms with E-state index in [4.69, 9.17) is 11.6 Å². The molecule has 0 saturated heterocycles. The Kier molecular flexibility index (Phi) is 7.26. The number of nitrogens with zero attached hydrogens (tertiary/aromatic N) is 5. The van der Waals surface area contributed by atoms with Crippen LogP contribution in [-0.2, 0) is 13.1 Å². The number of nitrogens with one attached hydrogen (secondary N) is 1. The number of aromatic amines is 1. The first-order valence-electron chi connectivity index (χ1n) is 13.5. The fraction of sp³-hybridized carbons (Fsp3) is 0.290. The van der Waals surface area contributed by atoms with Crippen molar-refractivity contribution in [1.29, 1.82) is 0 Å². The zero-order valence-electron chi connectivity index (χ0n) is 21.9. The van der Waals surface area contributed by atoms with Gasteiger partial charge in [-0.05, 0) is 77.0 Å². The number of halogens is 1. The van der Waals surface area contributed by atoms with E-state index < -0.39 is 6.04 Å². The molecule has 198 valence electrons. The molecule has 2 aromatic heterocycles. The summed E-state index contributed by atoms with van der Waals surface area (Å²) in [5.41, 5.74) is 4.68. The number of pyridine rings is 1. The Hall–Kier alpha value is -3.81. The number of hydrogen-bond acceptors (Lipinski definition) is 5. The van der Waals surface area contributed by atoms with Crippen LogP contribution in [0.1, 0.15) is 65.8 Å². The Bertz CT molecular complexity index is 1620. The molecular formula is C31H31ClN6O. The highest BCUT2D eigenvalue weighted by molar-refractivity contribution is 6.30. The number of benzene rings is 3. The van der Waals surface area contributed by atoms with Gasteiger partial charge in [0, 0.05) is 29.2 Å². The second kappa shape index (κ2) is 11.1. The van der Waals surface area contributed by atoms with Crippen molar-refractivity contribution in [3.63, 3.8) is 0 Å². The smallest absolute Gasteiger partial charge is 0.253 e. The molecule has 0 aliphatic heterocycles. The van der Waals surface area contributed by atoms with Gasteiger partial charge in [-0.1, -0.05) is 78.5 Å². The molecule has 0 spiro atoms. The molecule has 7 nitrogen and oxygen atoms in total. The van der Waals surface area contributed by atoms with E-state index in [1.165, 1.54) is 0 Å². The number of aryl methyl sites for hydroxylation is 1. The molecule has 0 amide bonds. The standard InChI is InChI=1S/C31H31ClN6O/c1-21-11-16-28-24(17-21)18-27(31(39)33-28)29(30-34-35-36-38(30)26-9-5-6-10-26)37(19-22-7-3-2-4-8-22)20-23-12-14-25(32)15-13-23/h2-4,7-8,11-18,26,29H,5-6,9-10,19-20H2,1H3,(H,33,39)/t29-/m1/s1. The molecule has 1 atom stereocenters. The Morgan fingerprint density at radius 3 is 2.44 bits per heavy atom. The third-order valence-electron chi connectivity index (χ3n) is 7.65. The van der Waals surface area contributed by atoms with E-state index in [9.17, 15) is 4.79 Å². The highest BCUT2D eigenvalue weighted by Crippen LogP contribution is 2.35. The van der Waals surface area contributed by atoms with Crippen molar-refractivity contribution in [2.24, 2.45) is 0 Å². The van der Waals surface area contributed by atoms with Crippen LogP contribution >= 0.6 is 11.6 Å². The van der Waals surface area contributed by atoms with Crippen LogP contribution in [0.5, 0.6) is 0 Å². The van der Waals surface area contributed by atoms with Crippen molar-refractivity contribution in [2.45, 2.75) is 57.8 Å². The highest BCUT2D eigenvalue weighted by Gasteiger charge is 2.33.